The molecule has 12 N–H and O–H groups in total. The van der Waals surface area contributed by atoms with Gasteiger partial charge in [-0.3, -0.25) is 4.79 Å². The highest BCUT2D eigenvalue weighted by Gasteiger charge is 2.46. The first kappa shape index (κ1) is 39.1. The predicted octanol–water partition coefficient (Wildman–Crippen LogP) is -2.94. The SMILES string of the molecule is CC1OC(Oc2c(-c3ccc(OC4CC(CO)C(O)C(O)C4O)cc3)oc3cc(OC4CC(CO)C(O)C(O)C4O)cc(O)c3c2=O)C(O)C(O)C1O. The van der Waals surface area contributed by atoms with E-state index < -0.39 is 127 Å². The average molecular weight is 753 g/mol. The van der Waals surface area contributed by atoms with Crippen LogP contribution < -0.4 is 19.6 Å². The monoisotopic (exact) mass is 752 g/mol. The van der Waals surface area contributed by atoms with E-state index in [9.17, 15) is 66.1 Å². The van der Waals surface area contributed by atoms with Crippen LogP contribution in [0.2, 0.25) is 0 Å². The minimum atomic E-state index is -1.83. The van der Waals surface area contributed by atoms with E-state index in [4.69, 9.17) is 23.4 Å². The fourth-order valence-electron chi connectivity index (χ4n) is 7.04. The van der Waals surface area contributed by atoms with Crippen molar-refractivity contribution >= 4 is 11.0 Å². The molecule has 3 aliphatic rings. The molecule has 3 fully saturated rings. The lowest BCUT2D eigenvalue weighted by Gasteiger charge is -2.39. The topological polar surface area (TPSA) is 310 Å². The van der Waals surface area contributed by atoms with Crippen LogP contribution >= 0.6 is 0 Å². The maximum atomic E-state index is 14.1. The van der Waals surface area contributed by atoms with Crippen LogP contribution in [-0.4, -0.2) is 154 Å². The van der Waals surface area contributed by atoms with Crippen LogP contribution in [0.15, 0.2) is 45.6 Å². The molecule has 0 radical (unpaired) electrons. The van der Waals surface area contributed by atoms with Crippen LogP contribution in [0.5, 0.6) is 23.0 Å². The number of phenolic OH excluding ortho intramolecular Hbond substituents is 1. The highest BCUT2D eigenvalue weighted by Crippen LogP contribution is 2.39. The Bertz CT molecular complexity index is 1780. The number of aliphatic hydroxyl groups is 11. The van der Waals surface area contributed by atoms with Gasteiger partial charge in [0.05, 0.1) is 18.3 Å². The second-order valence-corrected chi connectivity index (χ2v) is 13.8. The summed E-state index contributed by atoms with van der Waals surface area (Å²) in [6.07, 6.45) is -19.1. The van der Waals surface area contributed by atoms with Crippen LogP contribution in [0.4, 0.5) is 0 Å². The van der Waals surface area contributed by atoms with E-state index in [2.05, 4.69) is 0 Å². The van der Waals surface area contributed by atoms with Crippen molar-refractivity contribution in [2.75, 3.05) is 13.2 Å². The lowest BCUT2D eigenvalue weighted by Crippen LogP contribution is -2.58. The summed E-state index contributed by atoms with van der Waals surface area (Å²) in [7, 11) is 0. The Morgan fingerprint density at radius 2 is 1.19 bits per heavy atom. The Morgan fingerprint density at radius 3 is 1.74 bits per heavy atom. The normalized spacial score (nSPS) is 37.7. The fourth-order valence-corrected chi connectivity index (χ4v) is 7.04. The molecule has 1 aromatic heterocycles. The molecule has 18 nitrogen and oxygen atoms in total. The maximum absolute atomic E-state index is 14.1. The van der Waals surface area contributed by atoms with Gasteiger partial charge in [0.2, 0.25) is 17.5 Å². The Morgan fingerprint density at radius 1 is 0.660 bits per heavy atom. The van der Waals surface area contributed by atoms with Gasteiger partial charge in [-0.15, -0.1) is 0 Å². The van der Waals surface area contributed by atoms with Gasteiger partial charge in [0.25, 0.3) is 0 Å². The molecule has 2 aliphatic carbocycles. The minimum absolute atomic E-state index is 0.0177. The number of hydrogen-bond donors (Lipinski definition) is 12. The van der Waals surface area contributed by atoms with E-state index in [0.29, 0.717) is 0 Å². The van der Waals surface area contributed by atoms with E-state index in [0.717, 1.165) is 6.07 Å². The fraction of sp³-hybridized carbons (Fsp3) is 0.571. The van der Waals surface area contributed by atoms with E-state index in [1.165, 1.54) is 37.3 Å². The molecule has 2 saturated carbocycles. The van der Waals surface area contributed by atoms with Crippen LogP contribution in [0, 0.1) is 11.8 Å². The lowest BCUT2D eigenvalue weighted by atomic mass is 9.81. The molecule has 292 valence electrons. The van der Waals surface area contributed by atoms with E-state index in [-0.39, 0.29) is 41.2 Å². The molecule has 1 aliphatic heterocycles. The molecule has 1 saturated heterocycles. The highest BCUT2D eigenvalue weighted by molar-refractivity contribution is 5.88. The molecule has 15 atom stereocenters. The summed E-state index contributed by atoms with van der Waals surface area (Å²) in [6, 6.07) is 7.96. The standard InChI is InChI=1S/C35H44O18/c1-12-23(39)29(45)32(48)35(49-12)53-34-28(44)22-18(38)8-17(51-21-7-15(11-37)25(41)31(47)27(21)43)9-19(22)52-33(34)13-2-4-16(5-3-13)50-20-6-14(10-36)24(40)30(46)26(20)42/h2-5,8-9,12,14-15,20-21,23-27,29-32,35-43,45-48H,6-7,10-11H2,1H3. The van der Waals surface area contributed by atoms with Crippen molar-refractivity contribution in [3.63, 3.8) is 0 Å². The number of benzene rings is 2. The molecule has 0 spiro atoms. The maximum Gasteiger partial charge on any atom is 0.239 e. The molecule has 6 rings (SSSR count). The van der Waals surface area contributed by atoms with Crippen molar-refractivity contribution in [3.8, 4) is 34.3 Å². The molecule has 18 heteroatoms. The quantitative estimate of drug-likeness (QED) is 0.104. The molecular formula is C35H44O18. The van der Waals surface area contributed by atoms with Crippen molar-refractivity contribution in [3.05, 3.63) is 46.6 Å². The zero-order valence-electron chi connectivity index (χ0n) is 28.3. The summed E-state index contributed by atoms with van der Waals surface area (Å²) in [5.41, 5.74) is -1.05. The second kappa shape index (κ2) is 15.6. The molecule has 0 amide bonds. The third kappa shape index (κ3) is 7.42. The van der Waals surface area contributed by atoms with Gasteiger partial charge in [-0.25, -0.2) is 0 Å². The Balaban J connectivity index is 1.37. The first-order valence-electron chi connectivity index (χ1n) is 17.1. The van der Waals surface area contributed by atoms with Crippen LogP contribution in [0.25, 0.3) is 22.3 Å². The largest absolute Gasteiger partial charge is 0.507 e. The third-order valence-corrected chi connectivity index (χ3v) is 10.3. The second-order valence-electron chi connectivity index (χ2n) is 13.8. The minimum Gasteiger partial charge on any atom is -0.507 e. The molecule has 2 aromatic carbocycles. The number of aliphatic hydroxyl groups excluding tert-OH is 11. The van der Waals surface area contributed by atoms with Gasteiger partial charge in [0.1, 0.15) is 83.2 Å². The van der Waals surface area contributed by atoms with Gasteiger partial charge < -0.3 is 84.6 Å². The first-order chi connectivity index (χ1) is 25.1. The summed E-state index contributed by atoms with van der Waals surface area (Å²) in [4.78, 5) is 14.1. The van der Waals surface area contributed by atoms with Crippen LogP contribution in [0.3, 0.4) is 0 Å². The summed E-state index contributed by atoms with van der Waals surface area (Å²) >= 11 is 0. The van der Waals surface area contributed by atoms with Crippen molar-refractivity contribution in [2.24, 2.45) is 11.8 Å². The third-order valence-electron chi connectivity index (χ3n) is 10.3. The Hall–Kier alpha value is -3.63. The van der Waals surface area contributed by atoms with Crippen molar-refractivity contribution in [2.45, 2.75) is 99.3 Å². The zero-order chi connectivity index (χ0) is 38.5. The number of phenols is 1. The molecular weight excluding hydrogens is 708 g/mol. The van der Waals surface area contributed by atoms with Crippen molar-refractivity contribution in [1.82, 2.24) is 0 Å². The summed E-state index contributed by atoms with van der Waals surface area (Å²) in [5, 5.41) is 123. The van der Waals surface area contributed by atoms with Crippen molar-refractivity contribution in [1.29, 1.82) is 0 Å². The van der Waals surface area contributed by atoms with Gasteiger partial charge in [-0.1, -0.05) is 0 Å². The summed E-state index contributed by atoms with van der Waals surface area (Å²) in [6.45, 7) is 0.436. The zero-order valence-corrected chi connectivity index (χ0v) is 28.3. The molecule has 3 aromatic rings. The summed E-state index contributed by atoms with van der Waals surface area (Å²) in [5.74, 6) is -3.06. The van der Waals surface area contributed by atoms with Gasteiger partial charge >= 0.3 is 0 Å². The Kier molecular flexibility index (Phi) is 11.5. The van der Waals surface area contributed by atoms with Crippen molar-refractivity contribution < 1.29 is 84.6 Å². The van der Waals surface area contributed by atoms with Crippen LogP contribution in [0.1, 0.15) is 19.8 Å². The van der Waals surface area contributed by atoms with Gasteiger partial charge in [0, 0.05) is 42.7 Å². The number of hydrogen-bond acceptors (Lipinski definition) is 18. The summed E-state index contributed by atoms with van der Waals surface area (Å²) < 4.78 is 29.2. The van der Waals surface area contributed by atoms with Gasteiger partial charge in [-0.05, 0) is 44.0 Å². The smallest absolute Gasteiger partial charge is 0.239 e. The van der Waals surface area contributed by atoms with Gasteiger partial charge in [0.15, 0.2) is 5.76 Å². The molecule has 53 heavy (non-hydrogen) atoms. The molecule has 0 bridgehead atoms. The first-order valence-corrected chi connectivity index (χ1v) is 17.1. The van der Waals surface area contributed by atoms with Crippen LogP contribution in [-0.2, 0) is 4.74 Å². The predicted molar refractivity (Wildman–Crippen MR) is 178 cm³/mol. The molecule has 2 heterocycles. The number of ether oxygens (including phenoxy) is 4. The van der Waals surface area contributed by atoms with Gasteiger partial charge in [-0.2, -0.15) is 0 Å². The van der Waals surface area contributed by atoms with E-state index in [1.54, 1.807) is 0 Å². The van der Waals surface area contributed by atoms with E-state index >= 15 is 0 Å². The lowest BCUT2D eigenvalue weighted by molar-refractivity contribution is -0.268. The number of aromatic hydroxyl groups is 1. The number of rotatable bonds is 9. The average Bonchev–Trinajstić information content (AvgIpc) is 3.14. The molecule has 15 unspecified atom stereocenters. The number of fused-ring (bicyclic) bond motifs is 1. The highest BCUT2D eigenvalue weighted by atomic mass is 16.7. The Labute approximate surface area is 300 Å². The van der Waals surface area contributed by atoms with E-state index in [1.807, 2.05) is 0 Å².